The van der Waals surface area contributed by atoms with Crippen molar-refractivity contribution in [1.29, 1.82) is 0 Å². The first-order chi connectivity index (χ1) is 9.29. The second-order valence-corrected chi connectivity index (χ2v) is 8.04. The second-order valence-electron chi connectivity index (χ2n) is 5.44. The highest BCUT2D eigenvalue weighted by molar-refractivity contribution is 9.10. The summed E-state index contributed by atoms with van der Waals surface area (Å²) >= 11 is 3.28. The number of nitrogens with zero attached hydrogens (tertiary/aromatic N) is 1. The van der Waals surface area contributed by atoms with Crippen LogP contribution >= 0.6 is 15.9 Å². The number of sulfonamides is 1. The van der Waals surface area contributed by atoms with Gasteiger partial charge in [-0.1, -0.05) is 22.9 Å². The topological polar surface area (TPSA) is 75.4 Å². The number of nitrogens with one attached hydrogen (secondary N) is 1. The highest BCUT2D eigenvalue weighted by Gasteiger charge is 2.29. The molecule has 0 aliphatic carbocycles. The van der Waals surface area contributed by atoms with E-state index in [1.165, 1.54) is 6.07 Å². The van der Waals surface area contributed by atoms with Crippen LogP contribution in [-0.4, -0.2) is 39.5 Å². The molecule has 1 heterocycles. The molecule has 0 radical (unpaired) electrons. The number of hydrogen-bond donors (Lipinski definition) is 2. The first kappa shape index (κ1) is 15.8. The molecule has 0 bridgehead atoms. The van der Waals surface area contributed by atoms with E-state index in [0.29, 0.717) is 0 Å². The van der Waals surface area contributed by atoms with Gasteiger partial charge in [-0.15, -0.1) is 0 Å². The zero-order valence-corrected chi connectivity index (χ0v) is 14.0. The van der Waals surface area contributed by atoms with E-state index in [1.54, 1.807) is 12.1 Å². The predicted octanol–water partition coefficient (Wildman–Crippen LogP) is 1.65. The Hall–Kier alpha value is -0.630. The Morgan fingerprint density at radius 2 is 2.15 bits per heavy atom. The second kappa shape index (κ2) is 6.01. The lowest BCUT2D eigenvalue weighted by Crippen LogP contribution is -2.48. The molecule has 1 aromatic rings. The van der Waals surface area contributed by atoms with Gasteiger partial charge in [-0.2, -0.15) is 0 Å². The van der Waals surface area contributed by atoms with Crippen LogP contribution in [-0.2, 0) is 10.0 Å². The van der Waals surface area contributed by atoms with Gasteiger partial charge in [0.15, 0.2) is 0 Å². The Bertz CT molecular complexity index is 591. The van der Waals surface area contributed by atoms with Crippen LogP contribution in [0, 0.1) is 5.92 Å². The molecule has 1 aliphatic heterocycles. The van der Waals surface area contributed by atoms with E-state index in [9.17, 15) is 8.42 Å². The number of anilines is 1. The van der Waals surface area contributed by atoms with Crippen molar-refractivity contribution in [3.05, 3.63) is 22.7 Å². The van der Waals surface area contributed by atoms with Crippen molar-refractivity contribution >= 4 is 31.6 Å². The fraction of sp³-hybridized carbons (Fsp3) is 0.538. The molecule has 2 unspecified atom stereocenters. The molecule has 1 aromatic carbocycles. The molecule has 2 atom stereocenters. The number of likely N-dealkylation sites (tertiary alicyclic amines) is 1. The zero-order chi connectivity index (χ0) is 14.9. The Balaban J connectivity index is 2.19. The molecule has 5 nitrogen and oxygen atoms in total. The number of nitrogens with two attached hydrogens (primary N) is 1. The van der Waals surface area contributed by atoms with Gasteiger partial charge in [0.1, 0.15) is 4.90 Å². The summed E-state index contributed by atoms with van der Waals surface area (Å²) in [6.45, 7) is 3.85. The molecule has 112 valence electrons. The van der Waals surface area contributed by atoms with E-state index in [1.807, 2.05) is 7.05 Å². The Morgan fingerprint density at radius 1 is 1.45 bits per heavy atom. The summed E-state index contributed by atoms with van der Waals surface area (Å²) in [7, 11) is -1.52. The van der Waals surface area contributed by atoms with E-state index in [0.717, 1.165) is 24.0 Å². The number of rotatable bonds is 3. The first-order valence-corrected chi connectivity index (χ1v) is 8.83. The average Bonchev–Trinajstić information content (AvgIpc) is 2.32. The minimum Gasteiger partial charge on any atom is -0.398 e. The Morgan fingerprint density at radius 3 is 2.75 bits per heavy atom. The van der Waals surface area contributed by atoms with E-state index in [2.05, 4.69) is 32.5 Å². The minimum absolute atomic E-state index is 0.0424. The molecule has 0 aromatic heterocycles. The summed E-state index contributed by atoms with van der Waals surface area (Å²) in [5.41, 5.74) is 6.07. The SMILES string of the molecule is CC1CN(C)CCC1NS(=O)(=O)c1ccc(Br)cc1N. The van der Waals surface area contributed by atoms with Crippen LogP contribution in [0.25, 0.3) is 0 Å². The van der Waals surface area contributed by atoms with Gasteiger partial charge in [-0.3, -0.25) is 0 Å². The van der Waals surface area contributed by atoms with Crippen molar-refractivity contribution in [2.75, 3.05) is 25.9 Å². The molecule has 1 fully saturated rings. The fourth-order valence-electron chi connectivity index (χ4n) is 2.56. The molecule has 7 heteroatoms. The molecule has 1 aliphatic rings. The monoisotopic (exact) mass is 361 g/mol. The number of benzene rings is 1. The Kier molecular flexibility index (Phi) is 4.73. The van der Waals surface area contributed by atoms with Crippen molar-refractivity contribution < 1.29 is 8.42 Å². The summed E-state index contributed by atoms with van der Waals surface area (Å²) in [5, 5.41) is 0. The third-order valence-corrected chi connectivity index (χ3v) is 5.73. The fourth-order valence-corrected chi connectivity index (χ4v) is 4.43. The van der Waals surface area contributed by atoms with E-state index >= 15 is 0 Å². The number of hydrogen-bond acceptors (Lipinski definition) is 4. The first-order valence-electron chi connectivity index (χ1n) is 6.55. The minimum atomic E-state index is -3.57. The lowest BCUT2D eigenvalue weighted by molar-refractivity contribution is 0.188. The van der Waals surface area contributed by atoms with E-state index in [-0.39, 0.29) is 22.5 Å². The van der Waals surface area contributed by atoms with Gasteiger partial charge in [0.2, 0.25) is 10.0 Å². The van der Waals surface area contributed by atoms with Crippen molar-refractivity contribution in [1.82, 2.24) is 9.62 Å². The quantitative estimate of drug-likeness (QED) is 0.802. The van der Waals surface area contributed by atoms with Gasteiger partial charge < -0.3 is 10.6 Å². The van der Waals surface area contributed by atoms with Crippen LogP contribution in [0.15, 0.2) is 27.6 Å². The molecule has 2 rings (SSSR count). The van der Waals surface area contributed by atoms with Crippen LogP contribution in [0.5, 0.6) is 0 Å². The van der Waals surface area contributed by atoms with Gasteiger partial charge in [-0.05, 0) is 44.1 Å². The van der Waals surface area contributed by atoms with Gasteiger partial charge >= 0.3 is 0 Å². The predicted molar refractivity (Wildman–Crippen MR) is 83.9 cm³/mol. The largest absolute Gasteiger partial charge is 0.398 e. The maximum atomic E-state index is 12.4. The standard InChI is InChI=1S/C13H20BrN3O2S/c1-9-8-17(2)6-5-12(9)16-20(18,19)13-4-3-10(14)7-11(13)15/h3-4,7,9,12,16H,5-6,8,15H2,1-2H3. The maximum absolute atomic E-state index is 12.4. The average molecular weight is 362 g/mol. The Labute approximate surface area is 128 Å². The molecule has 3 N–H and O–H groups in total. The van der Waals surface area contributed by atoms with Gasteiger partial charge in [0.25, 0.3) is 0 Å². The summed E-state index contributed by atoms with van der Waals surface area (Å²) < 4.78 is 28.4. The lowest BCUT2D eigenvalue weighted by atomic mass is 9.95. The van der Waals surface area contributed by atoms with E-state index in [4.69, 9.17) is 5.73 Å². The van der Waals surface area contributed by atoms with Crippen LogP contribution in [0.1, 0.15) is 13.3 Å². The van der Waals surface area contributed by atoms with Crippen molar-refractivity contribution in [3.63, 3.8) is 0 Å². The van der Waals surface area contributed by atoms with E-state index < -0.39 is 10.0 Å². The van der Waals surface area contributed by atoms with Crippen LogP contribution in [0.2, 0.25) is 0 Å². The highest BCUT2D eigenvalue weighted by atomic mass is 79.9. The molecular weight excluding hydrogens is 342 g/mol. The van der Waals surface area contributed by atoms with Crippen LogP contribution < -0.4 is 10.5 Å². The van der Waals surface area contributed by atoms with Gasteiger partial charge in [-0.25, -0.2) is 13.1 Å². The van der Waals surface area contributed by atoms with Crippen molar-refractivity contribution in [2.24, 2.45) is 5.92 Å². The summed E-state index contributed by atoms with van der Waals surface area (Å²) in [4.78, 5) is 2.36. The summed E-state index contributed by atoms with van der Waals surface area (Å²) in [6.07, 6.45) is 0.813. The zero-order valence-electron chi connectivity index (χ0n) is 11.6. The van der Waals surface area contributed by atoms with Crippen molar-refractivity contribution in [3.8, 4) is 0 Å². The highest BCUT2D eigenvalue weighted by Crippen LogP contribution is 2.24. The normalized spacial score (nSPS) is 24.8. The summed E-state index contributed by atoms with van der Waals surface area (Å²) in [5.74, 6) is 0.278. The molecule has 0 saturated carbocycles. The molecular formula is C13H20BrN3O2S. The summed E-state index contributed by atoms with van der Waals surface area (Å²) in [6, 6.07) is 4.77. The third kappa shape index (κ3) is 3.52. The molecule has 1 saturated heterocycles. The van der Waals surface area contributed by atoms with Gasteiger partial charge in [0, 0.05) is 17.1 Å². The molecule has 20 heavy (non-hydrogen) atoms. The van der Waals surface area contributed by atoms with Crippen molar-refractivity contribution in [2.45, 2.75) is 24.3 Å². The smallest absolute Gasteiger partial charge is 0.242 e. The number of halogens is 1. The lowest BCUT2D eigenvalue weighted by Gasteiger charge is -2.35. The number of piperidine rings is 1. The molecule has 0 amide bonds. The van der Waals surface area contributed by atoms with Gasteiger partial charge in [0.05, 0.1) is 5.69 Å². The van der Waals surface area contributed by atoms with Crippen LogP contribution in [0.4, 0.5) is 5.69 Å². The van der Waals surface area contributed by atoms with Crippen LogP contribution in [0.3, 0.4) is 0 Å². The third-order valence-electron chi connectivity index (χ3n) is 3.68. The molecule has 0 spiro atoms. The maximum Gasteiger partial charge on any atom is 0.242 e. The number of nitrogen functional groups attached to an aromatic ring is 1.